The van der Waals surface area contributed by atoms with Crippen LogP contribution >= 0.6 is 0 Å². The van der Waals surface area contributed by atoms with Crippen molar-refractivity contribution in [2.45, 2.75) is 38.6 Å². The average Bonchev–Trinajstić information content (AvgIpc) is 2.48. The molecular weight excluding hydrogens is 252 g/mol. The molecule has 2 N–H and O–H groups in total. The Labute approximate surface area is 120 Å². The number of benzene rings is 1. The minimum absolute atomic E-state index is 0.170. The zero-order chi connectivity index (χ0) is 14.4. The Balaban J connectivity index is 1.73. The van der Waals surface area contributed by atoms with Crippen LogP contribution in [0.3, 0.4) is 0 Å². The number of nitrogens with two attached hydrogens (primary N) is 1. The Morgan fingerprint density at radius 3 is 2.85 bits per heavy atom. The third kappa shape index (κ3) is 4.23. The minimum Gasteiger partial charge on any atom is -0.493 e. The van der Waals surface area contributed by atoms with E-state index in [2.05, 4.69) is 13.0 Å². The molecule has 0 unspecified atom stereocenters. The van der Waals surface area contributed by atoms with Crippen molar-refractivity contribution in [3.05, 3.63) is 29.8 Å². The van der Waals surface area contributed by atoms with Gasteiger partial charge in [-0.3, -0.25) is 4.79 Å². The summed E-state index contributed by atoms with van der Waals surface area (Å²) in [6.07, 6.45) is 3.24. The maximum atomic E-state index is 12.0. The number of nitrogens with zero attached hydrogens (tertiary/aromatic N) is 1. The fraction of sp³-hybridized carbons (Fsp3) is 0.562. The van der Waals surface area contributed by atoms with E-state index in [4.69, 9.17) is 10.5 Å². The number of carbonyl (C=O) groups is 1. The number of piperidine rings is 1. The van der Waals surface area contributed by atoms with E-state index in [9.17, 15) is 4.79 Å². The second-order valence-electron chi connectivity index (χ2n) is 5.32. The van der Waals surface area contributed by atoms with Gasteiger partial charge in [0.1, 0.15) is 5.75 Å². The molecule has 1 aliphatic rings. The summed E-state index contributed by atoms with van der Waals surface area (Å²) in [4.78, 5) is 13.9. The summed E-state index contributed by atoms with van der Waals surface area (Å²) in [6.45, 7) is 4.12. The molecule has 0 saturated carbocycles. The van der Waals surface area contributed by atoms with Crippen LogP contribution in [0.15, 0.2) is 24.3 Å². The quantitative estimate of drug-likeness (QED) is 0.894. The number of carbonyl (C=O) groups excluding carboxylic acids is 1. The summed E-state index contributed by atoms with van der Waals surface area (Å²) in [5.74, 6) is 1.02. The largest absolute Gasteiger partial charge is 0.493 e. The van der Waals surface area contributed by atoms with E-state index < -0.39 is 0 Å². The van der Waals surface area contributed by atoms with Crippen molar-refractivity contribution in [1.82, 2.24) is 4.90 Å². The van der Waals surface area contributed by atoms with Gasteiger partial charge in [-0.25, -0.2) is 0 Å². The van der Waals surface area contributed by atoms with Crippen molar-refractivity contribution in [3.8, 4) is 5.75 Å². The molecule has 1 amide bonds. The van der Waals surface area contributed by atoms with E-state index in [0.717, 1.165) is 38.1 Å². The van der Waals surface area contributed by atoms with Crippen LogP contribution in [-0.2, 0) is 11.2 Å². The number of hydrogen-bond donors (Lipinski definition) is 1. The molecule has 0 aliphatic carbocycles. The zero-order valence-corrected chi connectivity index (χ0v) is 12.2. The fourth-order valence-electron chi connectivity index (χ4n) is 2.42. The van der Waals surface area contributed by atoms with Gasteiger partial charge in [-0.2, -0.15) is 0 Å². The normalized spacial score (nSPS) is 16.2. The minimum atomic E-state index is 0.170. The third-order valence-electron chi connectivity index (χ3n) is 3.78. The van der Waals surface area contributed by atoms with E-state index in [1.165, 1.54) is 5.56 Å². The standard InChI is InChI=1S/C16H24N2O2/c1-2-13-4-3-5-15(12-13)20-11-8-16(19)18-9-6-14(17)7-10-18/h3-5,12,14H,2,6-11,17H2,1H3. The highest BCUT2D eigenvalue weighted by molar-refractivity contribution is 5.76. The van der Waals surface area contributed by atoms with Crippen LogP contribution in [-0.4, -0.2) is 36.5 Å². The number of likely N-dealkylation sites (tertiary alicyclic amines) is 1. The van der Waals surface area contributed by atoms with E-state index >= 15 is 0 Å². The molecule has 1 fully saturated rings. The first-order valence-corrected chi connectivity index (χ1v) is 7.44. The van der Waals surface area contributed by atoms with Crippen molar-refractivity contribution in [2.75, 3.05) is 19.7 Å². The Bertz CT molecular complexity index is 440. The summed E-state index contributed by atoms with van der Waals surface area (Å²) in [7, 11) is 0. The summed E-state index contributed by atoms with van der Waals surface area (Å²) >= 11 is 0. The SMILES string of the molecule is CCc1cccc(OCCC(=O)N2CCC(N)CC2)c1. The Hall–Kier alpha value is -1.55. The third-order valence-corrected chi connectivity index (χ3v) is 3.78. The van der Waals surface area contributed by atoms with Gasteiger partial charge >= 0.3 is 0 Å². The lowest BCUT2D eigenvalue weighted by atomic mass is 10.1. The molecule has 0 spiro atoms. The van der Waals surface area contributed by atoms with Gasteiger partial charge < -0.3 is 15.4 Å². The molecule has 110 valence electrons. The predicted octanol–water partition coefficient (Wildman–Crippen LogP) is 1.97. The summed E-state index contributed by atoms with van der Waals surface area (Å²) in [5, 5.41) is 0. The van der Waals surface area contributed by atoms with Gasteiger partial charge in [0.2, 0.25) is 5.91 Å². The number of hydrogen-bond acceptors (Lipinski definition) is 3. The predicted molar refractivity (Wildman–Crippen MR) is 79.7 cm³/mol. The lowest BCUT2D eigenvalue weighted by Crippen LogP contribution is -2.43. The average molecular weight is 276 g/mol. The molecule has 1 aromatic carbocycles. The first kappa shape index (κ1) is 14.9. The summed E-state index contributed by atoms with van der Waals surface area (Å²) in [6, 6.07) is 8.29. The van der Waals surface area contributed by atoms with Crippen LogP contribution in [0.4, 0.5) is 0 Å². The van der Waals surface area contributed by atoms with Crippen LogP contribution < -0.4 is 10.5 Å². The molecule has 0 aromatic heterocycles. The first-order chi connectivity index (χ1) is 9.69. The highest BCUT2D eigenvalue weighted by atomic mass is 16.5. The highest BCUT2D eigenvalue weighted by Crippen LogP contribution is 2.14. The Morgan fingerprint density at radius 2 is 2.15 bits per heavy atom. The van der Waals surface area contributed by atoms with Gasteiger partial charge in [0, 0.05) is 19.1 Å². The fourth-order valence-corrected chi connectivity index (χ4v) is 2.42. The number of ether oxygens (including phenoxy) is 1. The van der Waals surface area contributed by atoms with Crippen LogP contribution in [0.25, 0.3) is 0 Å². The van der Waals surface area contributed by atoms with Crippen molar-refractivity contribution in [3.63, 3.8) is 0 Å². The van der Waals surface area contributed by atoms with Crippen molar-refractivity contribution >= 4 is 5.91 Å². The van der Waals surface area contributed by atoms with E-state index in [0.29, 0.717) is 13.0 Å². The second-order valence-corrected chi connectivity index (χ2v) is 5.32. The molecule has 0 radical (unpaired) electrons. The van der Waals surface area contributed by atoms with E-state index in [-0.39, 0.29) is 11.9 Å². The monoisotopic (exact) mass is 276 g/mol. The maximum Gasteiger partial charge on any atom is 0.225 e. The topological polar surface area (TPSA) is 55.6 Å². The molecule has 4 heteroatoms. The number of rotatable bonds is 5. The number of amides is 1. The highest BCUT2D eigenvalue weighted by Gasteiger charge is 2.20. The van der Waals surface area contributed by atoms with E-state index in [1.807, 2.05) is 23.1 Å². The lowest BCUT2D eigenvalue weighted by molar-refractivity contribution is -0.132. The van der Waals surface area contributed by atoms with E-state index in [1.54, 1.807) is 0 Å². The molecule has 1 aliphatic heterocycles. The van der Waals surface area contributed by atoms with Gasteiger partial charge in [0.15, 0.2) is 0 Å². The molecule has 1 saturated heterocycles. The van der Waals surface area contributed by atoms with Crippen LogP contribution in [0.2, 0.25) is 0 Å². The van der Waals surface area contributed by atoms with Gasteiger partial charge in [-0.1, -0.05) is 19.1 Å². The molecule has 1 aromatic rings. The van der Waals surface area contributed by atoms with Gasteiger partial charge in [-0.05, 0) is 37.0 Å². The van der Waals surface area contributed by atoms with Crippen molar-refractivity contribution in [2.24, 2.45) is 5.73 Å². The van der Waals surface area contributed by atoms with Crippen LogP contribution in [0.5, 0.6) is 5.75 Å². The molecule has 20 heavy (non-hydrogen) atoms. The molecule has 0 atom stereocenters. The van der Waals surface area contributed by atoms with Crippen LogP contribution in [0.1, 0.15) is 31.7 Å². The maximum absolute atomic E-state index is 12.0. The first-order valence-electron chi connectivity index (χ1n) is 7.44. The molecule has 2 rings (SSSR count). The lowest BCUT2D eigenvalue weighted by Gasteiger charge is -2.30. The zero-order valence-electron chi connectivity index (χ0n) is 12.2. The number of aryl methyl sites for hydroxylation is 1. The van der Waals surface area contributed by atoms with Gasteiger partial charge in [0.05, 0.1) is 13.0 Å². The van der Waals surface area contributed by atoms with Gasteiger partial charge in [-0.15, -0.1) is 0 Å². The van der Waals surface area contributed by atoms with Crippen molar-refractivity contribution in [1.29, 1.82) is 0 Å². The summed E-state index contributed by atoms with van der Waals surface area (Å²) < 4.78 is 5.66. The van der Waals surface area contributed by atoms with Gasteiger partial charge in [0.25, 0.3) is 0 Å². The second kappa shape index (κ2) is 7.29. The molecular formula is C16H24N2O2. The van der Waals surface area contributed by atoms with Crippen LogP contribution in [0, 0.1) is 0 Å². The molecule has 0 bridgehead atoms. The molecule has 1 heterocycles. The smallest absolute Gasteiger partial charge is 0.225 e. The van der Waals surface area contributed by atoms with Crippen molar-refractivity contribution < 1.29 is 9.53 Å². The summed E-state index contributed by atoms with van der Waals surface area (Å²) in [5.41, 5.74) is 7.09. The Kier molecular flexibility index (Phi) is 5.41. The Morgan fingerprint density at radius 1 is 1.40 bits per heavy atom. The molecule has 4 nitrogen and oxygen atoms in total.